The summed E-state index contributed by atoms with van der Waals surface area (Å²) in [5.74, 6) is -0.598. The van der Waals surface area contributed by atoms with Crippen LogP contribution >= 0.6 is 0 Å². The van der Waals surface area contributed by atoms with Gasteiger partial charge in [-0.2, -0.15) is 0 Å². The molecule has 2 fully saturated rings. The van der Waals surface area contributed by atoms with E-state index in [0.717, 1.165) is 56.9 Å². The van der Waals surface area contributed by atoms with Gasteiger partial charge in [0.05, 0.1) is 12.1 Å². The maximum absolute atomic E-state index is 14.0. The number of hydrogen-bond acceptors (Lipinski definition) is 5. The van der Waals surface area contributed by atoms with Crippen LogP contribution in [0.4, 0.5) is 5.69 Å². The van der Waals surface area contributed by atoms with Crippen molar-refractivity contribution >= 4 is 29.3 Å². The van der Waals surface area contributed by atoms with E-state index < -0.39 is 18.1 Å². The number of rotatable bonds is 15. The second kappa shape index (κ2) is 17.3. The van der Waals surface area contributed by atoms with E-state index in [1.54, 1.807) is 32.9 Å². The van der Waals surface area contributed by atoms with Crippen molar-refractivity contribution in [2.24, 2.45) is 5.92 Å². The van der Waals surface area contributed by atoms with Gasteiger partial charge < -0.3 is 25.1 Å². The lowest BCUT2D eigenvalue weighted by Crippen LogP contribution is -2.51. The fourth-order valence-electron chi connectivity index (χ4n) is 6.72. The fraction of sp³-hybridized carbons (Fsp3) is 0.568. The lowest BCUT2D eigenvalue weighted by atomic mass is 9.88. The van der Waals surface area contributed by atoms with Gasteiger partial charge in [0, 0.05) is 61.9 Å². The summed E-state index contributed by atoms with van der Waals surface area (Å²) in [6, 6.07) is 13.9. The average molecular weight is 633 g/mol. The molecule has 4 rings (SSSR count). The maximum Gasteiger partial charge on any atom is 0.253 e. The van der Waals surface area contributed by atoms with Crippen LogP contribution in [0.3, 0.4) is 0 Å². The second-order valence-electron chi connectivity index (χ2n) is 12.8. The third kappa shape index (κ3) is 9.18. The Morgan fingerprint density at radius 3 is 2.20 bits per heavy atom. The highest BCUT2D eigenvalue weighted by atomic mass is 16.3. The summed E-state index contributed by atoms with van der Waals surface area (Å²) in [4.78, 5) is 58.9. The molecule has 46 heavy (non-hydrogen) atoms. The quantitative estimate of drug-likeness (QED) is 0.280. The number of aliphatic hydroxyl groups is 1. The van der Waals surface area contributed by atoms with Gasteiger partial charge in [0.15, 0.2) is 0 Å². The number of amides is 4. The number of hydrogen-bond donors (Lipinski definition) is 2. The van der Waals surface area contributed by atoms with Crippen LogP contribution in [0.25, 0.3) is 0 Å². The van der Waals surface area contributed by atoms with E-state index in [1.807, 2.05) is 51.1 Å². The number of carbonyl (C=O) groups is 4. The minimum atomic E-state index is -1.02. The molecule has 2 N–H and O–H groups in total. The van der Waals surface area contributed by atoms with E-state index in [1.165, 1.54) is 0 Å². The van der Waals surface area contributed by atoms with Crippen LogP contribution in [-0.2, 0) is 16.0 Å². The standard InChI is InChI=1S/C37H52N4O5/c1-4-19-40(20-5-2)37(46)30-23-29(24-31(25-30)41-21-13-18-34(41)43)35(44)38-32(22-27-14-9-7-10-15-27)33(42)26-39(6-3)36(45)28-16-11-8-12-17-28/h7,9-10,14-15,23-25,28,32-33,42H,4-6,8,11-13,16-22,26H2,1-3H3,(H,38,44)/t32-,33+/m0/s1. The number of nitrogens with one attached hydrogen (secondary N) is 1. The van der Waals surface area contributed by atoms with Crippen molar-refractivity contribution in [2.45, 2.75) is 97.1 Å². The summed E-state index contributed by atoms with van der Waals surface area (Å²) < 4.78 is 0. The molecule has 0 aromatic heterocycles. The Kier molecular flexibility index (Phi) is 13.2. The molecule has 0 radical (unpaired) electrons. The van der Waals surface area contributed by atoms with E-state index in [2.05, 4.69) is 5.32 Å². The number of carbonyl (C=O) groups excluding carboxylic acids is 4. The van der Waals surface area contributed by atoms with Crippen molar-refractivity contribution in [3.8, 4) is 0 Å². The smallest absolute Gasteiger partial charge is 0.253 e. The van der Waals surface area contributed by atoms with Crippen LogP contribution in [-0.4, -0.2) is 83.4 Å². The molecular formula is C37H52N4O5. The Morgan fingerprint density at radius 1 is 0.913 bits per heavy atom. The summed E-state index contributed by atoms with van der Waals surface area (Å²) in [5.41, 5.74) is 2.08. The molecule has 0 spiro atoms. The van der Waals surface area contributed by atoms with Crippen LogP contribution < -0.4 is 10.2 Å². The zero-order valence-electron chi connectivity index (χ0n) is 27.9. The molecule has 1 saturated carbocycles. The Bertz CT molecular complexity index is 1320. The summed E-state index contributed by atoms with van der Waals surface area (Å²) in [5, 5.41) is 14.6. The zero-order valence-corrected chi connectivity index (χ0v) is 27.9. The lowest BCUT2D eigenvalue weighted by Gasteiger charge is -2.33. The van der Waals surface area contributed by atoms with Crippen molar-refractivity contribution in [3.05, 3.63) is 65.2 Å². The van der Waals surface area contributed by atoms with Gasteiger partial charge in [0.25, 0.3) is 11.8 Å². The van der Waals surface area contributed by atoms with Crippen molar-refractivity contribution < 1.29 is 24.3 Å². The van der Waals surface area contributed by atoms with Gasteiger partial charge in [-0.15, -0.1) is 0 Å². The maximum atomic E-state index is 14.0. The van der Waals surface area contributed by atoms with Gasteiger partial charge in [-0.3, -0.25) is 19.2 Å². The van der Waals surface area contributed by atoms with Crippen LogP contribution in [0.5, 0.6) is 0 Å². The van der Waals surface area contributed by atoms with E-state index in [0.29, 0.717) is 50.3 Å². The molecule has 2 atom stereocenters. The van der Waals surface area contributed by atoms with Crippen LogP contribution in [0.1, 0.15) is 105 Å². The second-order valence-corrected chi connectivity index (χ2v) is 12.8. The molecule has 9 nitrogen and oxygen atoms in total. The summed E-state index contributed by atoms with van der Waals surface area (Å²) in [6.07, 6.45) is 7.09. The van der Waals surface area contributed by atoms with Gasteiger partial charge in [-0.1, -0.05) is 63.4 Å². The average Bonchev–Trinajstić information content (AvgIpc) is 3.52. The predicted molar refractivity (Wildman–Crippen MR) is 181 cm³/mol. The largest absolute Gasteiger partial charge is 0.389 e. The third-order valence-corrected chi connectivity index (χ3v) is 9.22. The number of likely N-dealkylation sites (N-methyl/N-ethyl adjacent to an activating group) is 1. The van der Waals surface area contributed by atoms with Crippen molar-refractivity contribution in [1.29, 1.82) is 0 Å². The molecule has 9 heteroatoms. The SMILES string of the molecule is CCCN(CCC)C(=O)c1cc(C(=O)N[C@@H](Cc2ccccc2)[C@H](O)CN(CC)C(=O)C2CCCCC2)cc(N2CCCC2=O)c1. The first-order valence-corrected chi connectivity index (χ1v) is 17.3. The molecule has 1 aliphatic heterocycles. The molecular weight excluding hydrogens is 580 g/mol. The van der Waals surface area contributed by atoms with E-state index in [4.69, 9.17) is 0 Å². The van der Waals surface area contributed by atoms with E-state index >= 15 is 0 Å². The number of nitrogens with zero attached hydrogens (tertiary/aromatic N) is 3. The number of aliphatic hydroxyl groups excluding tert-OH is 1. The molecule has 0 unspecified atom stereocenters. The summed E-state index contributed by atoms with van der Waals surface area (Å²) >= 11 is 0. The fourth-order valence-corrected chi connectivity index (χ4v) is 6.72. The van der Waals surface area contributed by atoms with E-state index in [-0.39, 0.29) is 35.7 Å². The molecule has 1 heterocycles. The molecule has 2 aromatic carbocycles. The number of anilines is 1. The molecule has 2 aromatic rings. The highest BCUT2D eigenvalue weighted by Crippen LogP contribution is 2.27. The van der Waals surface area contributed by atoms with Gasteiger partial charge in [-0.25, -0.2) is 0 Å². The molecule has 2 aliphatic rings. The minimum Gasteiger partial charge on any atom is -0.389 e. The van der Waals surface area contributed by atoms with Crippen molar-refractivity contribution in [3.63, 3.8) is 0 Å². The molecule has 4 amide bonds. The van der Waals surface area contributed by atoms with E-state index in [9.17, 15) is 24.3 Å². The minimum absolute atomic E-state index is 0.0185. The predicted octanol–water partition coefficient (Wildman–Crippen LogP) is 5.21. The van der Waals surface area contributed by atoms with Crippen molar-refractivity contribution in [2.75, 3.05) is 37.6 Å². The third-order valence-electron chi connectivity index (χ3n) is 9.22. The Morgan fingerprint density at radius 2 is 1.59 bits per heavy atom. The lowest BCUT2D eigenvalue weighted by molar-refractivity contribution is -0.138. The van der Waals surface area contributed by atoms with Crippen LogP contribution in [0.2, 0.25) is 0 Å². The highest BCUT2D eigenvalue weighted by molar-refractivity contribution is 6.03. The Balaban J connectivity index is 1.62. The van der Waals surface area contributed by atoms with Crippen molar-refractivity contribution in [1.82, 2.24) is 15.1 Å². The number of benzene rings is 2. The van der Waals surface area contributed by atoms with Crippen LogP contribution in [0, 0.1) is 5.92 Å². The van der Waals surface area contributed by atoms with Gasteiger partial charge in [-0.05, 0) is 69.2 Å². The van der Waals surface area contributed by atoms with Gasteiger partial charge in [0.2, 0.25) is 11.8 Å². The van der Waals surface area contributed by atoms with Gasteiger partial charge >= 0.3 is 0 Å². The first kappa shape index (κ1) is 35.1. The zero-order chi connectivity index (χ0) is 33.1. The summed E-state index contributed by atoms with van der Waals surface area (Å²) in [7, 11) is 0. The first-order chi connectivity index (χ1) is 22.2. The molecule has 0 bridgehead atoms. The Labute approximate surface area is 274 Å². The highest BCUT2D eigenvalue weighted by Gasteiger charge is 2.31. The first-order valence-electron chi connectivity index (χ1n) is 17.3. The molecule has 1 saturated heterocycles. The summed E-state index contributed by atoms with van der Waals surface area (Å²) in [6.45, 7) is 8.27. The van der Waals surface area contributed by atoms with Gasteiger partial charge in [0.1, 0.15) is 0 Å². The topological polar surface area (TPSA) is 110 Å². The Hall–Kier alpha value is -3.72. The normalized spacial score (nSPS) is 16.6. The monoisotopic (exact) mass is 632 g/mol. The molecule has 1 aliphatic carbocycles. The van der Waals surface area contributed by atoms with Crippen LogP contribution in [0.15, 0.2) is 48.5 Å². The molecule has 250 valence electrons.